The summed E-state index contributed by atoms with van der Waals surface area (Å²) in [6, 6.07) is 4.90. The minimum Gasteiger partial charge on any atom is -0.302 e. The van der Waals surface area contributed by atoms with Gasteiger partial charge in [-0.3, -0.25) is 0 Å². The molecule has 19 heavy (non-hydrogen) atoms. The van der Waals surface area contributed by atoms with Gasteiger partial charge in [0.05, 0.1) is 17.8 Å². The molecule has 0 aliphatic heterocycles. The summed E-state index contributed by atoms with van der Waals surface area (Å²) in [6.07, 6.45) is -4.38. The highest BCUT2D eigenvalue weighted by molar-refractivity contribution is 5.36. The van der Waals surface area contributed by atoms with Gasteiger partial charge >= 0.3 is 6.18 Å². The van der Waals surface area contributed by atoms with E-state index in [0.29, 0.717) is 12.4 Å². The summed E-state index contributed by atoms with van der Waals surface area (Å²) in [5.74, 6) is 0.476. The summed E-state index contributed by atoms with van der Waals surface area (Å²) in [6.45, 7) is 0.434. The van der Waals surface area contributed by atoms with E-state index in [0.717, 1.165) is 12.1 Å². The number of hydrogen-bond donors (Lipinski definition) is 0. The Bertz CT molecular complexity index is 561. The number of halogens is 3. The van der Waals surface area contributed by atoms with Crippen LogP contribution >= 0.6 is 0 Å². The molecule has 2 aromatic rings. The van der Waals surface area contributed by atoms with Gasteiger partial charge in [-0.15, -0.1) is 5.10 Å². The molecule has 1 aromatic heterocycles. The van der Waals surface area contributed by atoms with Crippen molar-refractivity contribution in [3.63, 3.8) is 0 Å². The predicted molar refractivity (Wildman–Crippen MR) is 61.5 cm³/mol. The summed E-state index contributed by atoms with van der Waals surface area (Å²) in [5.41, 5.74) is -0.437. The van der Waals surface area contributed by atoms with Gasteiger partial charge in [-0.25, -0.2) is 0 Å². The fraction of sp³-hybridized carbons (Fsp3) is 0.364. The molecule has 0 atom stereocenters. The topological polar surface area (TPSA) is 46.8 Å². The lowest BCUT2D eigenvalue weighted by molar-refractivity contribution is -0.137. The maximum absolute atomic E-state index is 12.7. The largest absolute Gasteiger partial charge is 0.416 e. The Labute approximate surface area is 107 Å². The number of nitrogens with zero attached hydrogens (tertiary/aromatic N) is 5. The van der Waals surface area contributed by atoms with Crippen molar-refractivity contribution in [2.75, 3.05) is 14.1 Å². The van der Waals surface area contributed by atoms with E-state index >= 15 is 0 Å². The van der Waals surface area contributed by atoms with Gasteiger partial charge in [0.2, 0.25) is 0 Å². The Kier molecular flexibility index (Phi) is 3.52. The predicted octanol–water partition coefficient (Wildman–Crippen LogP) is 1.74. The Morgan fingerprint density at radius 3 is 2.63 bits per heavy atom. The van der Waals surface area contributed by atoms with Gasteiger partial charge in [0.1, 0.15) is 0 Å². The van der Waals surface area contributed by atoms with Crippen molar-refractivity contribution in [2.24, 2.45) is 0 Å². The minimum absolute atomic E-state index is 0.289. The van der Waals surface area contributed by atoms with E-state index in [1.54, 1.807) is 0 Å². The van der Waals surface area contributed by atoms with Gasteiger partial charge in [0, 0.05) is 0 Å². The quantitative estimate of drug-likeness (QED) is 0.853. The first-order chi connectivity index (χ1) is 8.88. The molecule has 0 unspecified atom stereocenters. The van der Waals surface area contributed by atoms with E-state index in [1.807, 2.05) is 19.0 Å². The van der Waals surface area contributed by atoms with Crippen LogP contribution in [0.3, 0.4) is 0 Å². The van der Waals surface area contributed by atoms with Crippen LogP contribution in [0.1, 0.15) is 11.4 Å². The summed E-state index contributed by atoms with van der Waals surface area (Å²) >= 11 is 0. The number of tetrazole rings is 1. The lowest BCUT2D eigenvalue weighted by Gasteiger charge is -2.11. The summed E-state index contributed by atoms with van der Waals surface area (Å²) in [7, 11) is 3.65. The van der Waals surface area contributed by atoms with Gasteiger partial charge in [-0.05, 0) is 42.7 Å². The molecule has 0 spiro atoms. The van der Waals surface area contributed by atoms with Crippen LogP contribution < -0.4 is 0 Å². The SMILES string of the molecule is CN(C)Cc1nnnn1-c1cccc(C(F)(F)F)c1. The Balaban J connectivity index is 2.40. The molecule has 0 bridgehead atoms. The third-order valence-electron chi connectivity index (χ3n) is 2.41. The van der Waals surface area contributed by atoms with E-state index in [2.05, 4.69) is 15.5 Å². The van der Waals surface area contributed by atoms with Crippen molar-refractivity contribution in [2.45, 2.75) is 12.7 Å². The lowest BCUT2D eigenvalue weighted by atomic mass is 10.2. The van der Waals surface area contributed by atoms with Gasteiger partial charge in [0.15, 0.2) is 5.82 Å². The molecule has 0 saturated carbocycles. The third-order valence-corrected chi connectivity index (χ3v) is 2.41. The van der Waals surface area contributed by atoms with Crippen LogP contribution in [0.15, 0.2) is 24.3 Å². The zero-order valence-electron chi connectivity index (χ0n) is 10.4. The number of aromatic nitrogens is 4. The minimum atomic E-state index is -4.38. The van der Waals surface area contributed by atoms with Crippen LogP contribution in [-0.4, -0.2) is 39.2 Å². The number of hydrogen-bond acceptors (Lipinski definition) is 4. The monoisotopic (exact) mass is 271 g/mol. The smallest absolute Gasteiger partial charge is 0.302 e. The summed E-state index contributed by atoms with van der Waals surface area (Å²) in [4.78, 5) is 1.83. The summed E-state index contributed by atoms with van der Waals surface area (Å²) < 4.78 is 39.3. The molecule has 2 rings (SSSR count). The van der Waals surface area contributed by atoms with E-state index in [4.69, 9.17) is 0 Å². The molecule has 0 saturated heterocycles. The maximum Gasteiger partial charge on any atom is 0.416 e. The second kappa shape index (κ2) is 4.96. The van der Waals surface area contributed by atoms with Crippen LogP contribution in [0.4, 0.5) is 13.2 Å². The van der Waals surface area contributed by atoms with Crippen LogP contribution in [-0.2, 0) is 12.7 Å². The second-order valence-electron chi connectivity index (χ2n) is 4.29. The number of alkyl halides is 3. The zero-order valence-corrected chi connectivity index (χ0v) is 10.4. The van der Waals surface area contributed by atoms with Crippen LogP contribution in [0.5, 0.6) is 0 Å². The first kappa shape index (κ1) is 13.5. The zero-order chi connectivity index (χ0) is 14.0. The highest BCUT2D eigenvalue weighted by atomic mass is 19.4. The average Bonchev–Trinajstić information content (AvgIpc) is 2.75. The van der Waals surface area contributed by atoms with Gasteiger partial charge < -0.3 is 4.90 Å². The number of benzene rings is 1. The lowest BCUT2D eigenvalue weighted by Crippen LogP contribution is -2.16. The van der Waals surface area contributed by atoms with Gasteiger partial charge in [-0.1, -0.05) is 6.07 Å². The first-order valence-electron chi connectivity index (χ1n) is 5.47. The van der Waals surface area contributed by atoms with Crippen molar-refractivity contribution >= 4 is 0 Å². The van der Waals surface area contributed by atoms with Crippen molar-refractivity contribution in [1.29, 1.82) is 0 Å². The van der Waals surface area contributed by atoms with Crippen molar-refractivity contribution in [1.82, 2.24) is 25.1 Å². The average molecular weight is 271 g/mol. The molecule has 0 aliphatic carbocycles. The van der Waals surface area contributed by atoms with E-state index < -0.39 is 11.7 Å². The standard InChI is InChI=1S/C11H12F3N5/c1-18(2)7-10-15-16-17-19(10)9-5-3-4-8(6-9)11(12,13)14/h3-6H,7H2,1-2H3. The fourth-order valence-electron chi connectivity index (χ4n) is 1.60. The molecular formula is C11H12F3N5. The Morgan fingerprint density at radius 1 is 1.26 bits per heavy atom. The number of rotatable bonds is 3. The Morgan fingerprint density at radius 2 is 2.00 bits per heavy atom. The van der Waals surface area contributed by atoms with Gasteiger partial charge in [0.25, 0.3) is 0 Å². The van der Waals surface area contributed by atoms with Crippen LogP contribution in [0.25, 0.3) is 5.69 Å². The molecule has 0 fully saturated rings. The molecule has 0 aliphatic rings. The summed E-state index contributed by atoms with van der Waals surface area (Å²) in [5, 5.41) is 11.0. The van der Waals surface area contributed by atoms with E-state index in [9.17, 15) is 13.2 Å². The van der Waals surface area contributed by atoms with E-state index in [1.165, 1.54) is 16.8 Å². The molecule has 1 aromatic carbocycles. The van der Waals surface area contributed by atoms with E-state index in [-0.39, 0.29) is 5.69 Å². The molecule has 5 nitrogen and oxygen atoms in total. The Hall–Kier alpha value is -1.96. The molecule has 0 radical (unpaired) electrons. The molecular weight excluding hydrogens is 259 g/mol. The second-order valence-corrected chi connectivity index (χ2v) is 4.29. The van der Waals surface area contributed by atoms with Gasteiger partial charge in [-0.2, -0.15) is 17.9 Å². The molecule has 0 N–H and O–H groups in total. The molecule has 8 heteroatoms. The highest BCUT2D eigenvalue weighted by Gasteiger charge is 2.30. The molecule has 1 heterocycles. The fourth-order valence-corrected chi connectivity index (χ4v) is 1.60. The molecule has 102 valence electrons. The molecule has 0 amide bonds. The maximum atomic E-state index is 12.7. The van der Waals surface area contributed by atoms with Crippen LogP contribution in [0.2, 0.25) is 0 Å². The first-order valence-corrected chi connectivity index (χ1v) is 5.47. The van der Waals surface area contributed by atoms with Crippen LogP contribution in [0, 0.1) is 0 Å². The third kappa shape index (κ3) is 3.08. The van der Waals surface area contributed by atoms with Crippen molar-refractivity contribution in [3.8, 4) is 5.69 Å². The normalized spacial score (nSPS) is 12.1. The van der Waals surface area contributed by atoms with Crippen molar-refractivity contribution < 1.29 is 13.2 Å². The highest BCUT2D eigenvalue weighted by Crippen LogP contribution is 2.30. The van der Waals surface area contributed by atoms with Crippen molar-refractivity contribution in [3.05, 3.63) is 35.7 Å².